The Morgan fingerprint density at radius 3 is 0.868 bits per heavy atom. The summed E-state index contributed by atoms with van der Waals surface area (Å²) in [6, 6.07) is 0. The number of carboxylic acid groups (broad SMARTS) is 1. The van der Waals surface area contributed by atoms with E-state index in [4.69, 9.17) is 18.9 Å². The van der Waals surface area contributed by atoms with Crippen molar-refractivity contribution in [3.05, 3.63) is 48.6 Å². The summed E-state index contributed by atoms with van der Waals surface area (Å²) in [7, 11) is 6.00. The van der Waals surface area contributed by atoms with Crippen LogP contribution < -0.4 is 0 Å². The molecule has 0 saturated heterocycles. The van der Waals surface area contributed by atoms with Gasteiger partial charge in [0.05, 0.1) is 34.4 Å². The van der Waals surface area contributed by atoms with Crippen LogP contribution in [-0.2, 0) is 33.3 Å². The normalized spacial score (nSPS) is 12.8. The van der Waals surface area contributed by atoms with Gasteiger partial charge in [-0.2, -0.15) is 0 Å². The fraction of sp³-hybridized carbons (Fsp3) is 0.866. The monoisotopic (exact) mass is 1280 g/mol. The number of likely N-dealkylation sites (N-methyl/N-ethyl adjacent to an activating group) is 1. The maximum absolute atomic E-state index is 13.0. The van der Waals surface area contributed by atoms with Crippen molar-refractivity contribution in [1.29, 1.82) is 0 Å². The van der Waals surface area contributed by atoms with E-state index in [0.717, 1.165) is 51.4 Å². The number of hydrogen-bond acceptors (Lipinski definition) is 7. The van der Waals surface area contributed by atoms with E-state index in [-0.39, 0.29) is 38.2 Å². The van der Waals surface area contributed by atoms with Gasteiger partial charge in [0, 0.05) is 12.8 Å². The first-order valence-corrected chi connectivity index (χ1v) is 39.8. The highest BCUT2D eigenvalue weighted by Gasteiger charge is 2.25. The lowest BCUT2D eigenvalue weighted by Gasteiger charge is -2.25. The fourth-order valence-corrected chi connectivity index (χ4v) is 12.0. The molecule has 0 aliphatic rings. The Balaban J connectivity index is 3.96. The van der Waals surface area contributed by atoms with Crippen LogP contribution in [0.4, 0.5) is 0 Å². The number of rotatable bonds is 75. The van der Waals surface area contributed by atoms with Gasteiger partial charge in [-0.15, -0.1) is 0 Å². The zero-order chi connectivity index (χ0) is 66.1. The van der Waals surface area contributed by atoms with Crippen molar-refractivity contribution in [3.8, 4) is 0 Å². The van der Waals surface area contributed by atoms with Gasteiger partial charge in [-0.25, -0.2) is 4.79 Å². The lowest BCUT2D eigenvalue weighted by atomic mass is 10.0. The molecule has 0 amide bonds. The first-order chi connectivity index (χ1) is 44.6. The SMILES string of the molecule is CCCCCCC/C=C\C/C=C\CCCCCCCCCCCCCCCCCCCCCCCCCCCCCC(=O)OC(COC(=O)CCCCCCCCCCCCCCCCC/C=C\C/C=C\CCCCCCC)COC(OCC[N+](C)(C)C)C(=O)O. The lowest BCUT2D eigenvalue weighted by Crippen LogP contribution is -2.40. The standard InChI is InChI=1S/C82H153NO8/c1-6-8-10-12-14-16-18-20-22-24-26-28-30-32-34-35-36-37-38-39-40-41-42-43-44-45-47-49-51-53-55-57-59-61-63-65-67-69-71-73-80(85)91-78(77-90-82(81(86)87)88-75-74-83(3,4)5)76-89-79(84)72-70-68-66-64-62-60-58-56-54-52-50-48-46-33-31-29-27-25-23-21-19-17-15-13-11-9-7-2/h18-21,24-27,78,82H,6-17,22-23,28-77H2,1-5H3/p+1/b20-18-,21-19-,26-24-,27-25-. The van der Waals surface area contributed by atoms with Crippen LogP contribution in [-0.4, -0.2) is 87.4 Å². The average Bonchev–Trinajstić information content (AvgIpc) is 3.46. The van der Waals surface area contributed by atoms with E-state index in [9.17, 15) is 19.5 Å². The van der Waals surface area contributed by atoms with Gasteiger partial charge < -0.3 is 28.5 Å². The average molecular weight is 1280 g/mol. The second kappa shape index (κ2) is 73.1. The van der Waals surface area contributed by atoms with Crippen molar-refractivity contribution < 1.29 is 42.9 Å². The van der Waals surface area contributed by atoms with Gasteiger partial charge in [0.25, 0.3) is 6.29 Å². The molecule has 534 valence electrons. The number of ether oxygens (including phenoxy) is 4. The van der Waals surface area contributed by atoms with Crippen LogP contribution in [0.5, 0.6) is 0 Å². The molecule has 0 spiro atoms. The highest BCUT2D eigenvalue weighted by molar-refractivity contribution is 5.71. The molecule has 0 bridgehead atoms. The predicted octanol–water partition coefficient (Wildman–Crippen LogP) is 25.3. The molecular formula is C82H154NO8+. The van der Waals surface area contributed by atoms with Crippen LogP contribution in [0.2, 0.25) is 0 Å². The Labute approximate surface area is 565 Å². The van der Waals surface area contributed by atoms with E-state index >= 15 is 0 Å². The Hall–Kier alpha value is -2.75. The summed E-state index contributed by atoms with van der Waals surface area (Å²) >= 11 is 0. The molecule has 0 fully saturated rings. The van der Waals surface area contributed by atoms with Gasteiger partial charge in [-0.05, 0) is 77.0 Å². The van der Waals surface area contributed by atoms with Gasteiger partial charge in [0.1, 0.15) is 13.2 Å². The number of aliphatic carboxylic acids is 1. The van der Waals surface area contributed by atoms with E-state index in [1.807, 2.05) is 21.1 Å². The Morgan fingerprint density at radius 2 is 0.593 bits per heavy atom. The minimum atomic E-state index is -1.51. The van der Waals surface area contributed by atoms with Gasteiger partial charge in [-0.3, -0.25) is 9.59 Å². The Morgan fingerprint density at radius 1 is 0.330 bits per heavy atom. The van der Waals surface area contributed by atoms with Gasteiger partial charge >= 0.3 is 17.9 Å². The molecule has 9 nitrogen and oxygen atoms in total. The number of carboxylic acids is 1. The van der Waals surface area contributed by atoms with Crippen LogP contribution in [0.3, 0.4) is 0 Å². The van der Waals surface area contributed by atoms with Crippen LogP contribution in [0.1, 0.15) is 399 Å². The minimum Gasteiger partial charge on any atom is -0.477 e. The predicted molar refractivity (Wildman–Crippen MR) is 392 cm³/mol. The Kier molecular flexibility index (Phi) is 70.9. The van der Waals surface area contributed by atoms with Crippen molar-refractivity contribution in [2.24, 2.45) is 0 Å². The van der Waals surface area contributed by atoms with Crippen molar-refractivity contribution in [2.45, 2.75) is 411 Å². The van der Waals surface area contributed by atoms with Crippen LogP contribution >= 0.6 is 0 Å². The molecule has 0 aromatic rings. The van der Waals surface area contributed by atoms with Crippen molar-refractivity contribution in [2.75, 3.05) is 47.5 Å². The quantitative estimate of drug-likeness (QED) is 0.0211. The number of hydrogen-bond donors (Lipinski definition) is 1. The van der Waals surface area contributed by atoms with Gasteiger partial charge in [0.2, 0.25) is 0 Å². The van der Waals surface area contributed by atoms with Gasteiger partial charge in [0.15, 0.2) is 6.10 Å². The summed E-state index contributed by atoms with van der Waals surface area (Å²) in [5, 5.41) is 9.77. The topological polar surface area (TPSA) is 108 Å². The van der Waals surface area contributed by atoms with E-state index in [1.54, 1.807) is 0 Å². The largest absolute Gasteiger partial charge is 0.477 e. The number of carbonyl (C=O) groups excluding carboxylic acids is 2. The van der Waals surface area contributed by atoms with Crippen molar-refractivity contribution >= 4 is 17.9 Å². The molecule has 0 aromatic carbocycles. The van der Waals surface area contributed by atoms with E-state index in [0.29, 0.717) is 17.4 Å². The number of carbonyl (C=O) groups is 3. The van der Waals surface area contributed by atoms with E-state index in [2.05, 4.69) is 62.5 Å². The molecule has 91 heavy (non-hydrogen) atoms. The molecule has 0 aliphatic heterocycles. The molecule has 2 atom stereocenters. The highest BCUT2D eigenvalue weighted by atomic mass is 16.7. The molecule has 0 aromatic heterocycles. The number of unbranched alkanes of at least 4 members (excludes halogenated alkanes) is 52. The maximum atomic E-state index is 13.0. The van der Waals surface area contributed by atoms with E-state index in [1.165, 1.54) is 321 Å². The summed E-state index contributed by atoms with van der Waals surface area (Å²) < 4.78 is 23.1. The number of allylic oxidation sites excluding steroid dienone is 8. The summed E-state index contributed by atoms with van der Waals surface area (Å²) in [5.41, 5.74) is 0. The zero-order valence-corrected chi connectivity index (χ0v) is 61.3. The summed E-state index contributed by atoms with van der Waals surface area (Å²) in [6.45, 7) is 4.93. The second-order valence-corrected chi connectivity index (χ2v) is 28.4. The van der Waals surface area contributed by atoms with Crippen LogP contribution in [0, 0.1) is 0 Å². The molecule has 0 saturated carbocycles. The second-order valence-electron chi connectivity index (χ2n) is 28.4. The van der Waals surface area contributed by atoms with Crippen LogP contribution in [0.25, 0.3) is 0 Å². The smallest absolute Gasteiger partial charge is 0.361 e. The summed E-state index contributed by atoms with van der Waals surface area (Å²) in [6.07, 6.45) is 92.7. The number of quaternary nitrogens is 1. The van der Waals surface area contributed by atoms with E-state index < -0.39 is 18.4 Å². The third-order valence-corrected chi connectivity index (χ3v) is 18.1. The molecule has 0 rings (SSSR count). The molecule has 0 radical (unpaired) electrons. The molecule has 0 aliphatic carbocycles. The molecule has 0 heterocycles. The molecular weight excluding hydrogens is 1130 g/mol. The number of esters is 2. The summed E-state index contributed by atoms with van der Waals surface area (Å²) in [4.78, 5) is 37.7. The molecule has 1 N–H and O–H groups in total. The Bertz CT molecular complexity index is 1630. The fourth-order valence-electron chi connectivity index (χ4n) is 12.0. The first kappa shape index (κ1) is 88.2. The molecule has 2 unspecified atom stereocenters. The van der Waals surface area contributed by atoms with Crippen molar-refractivity contribution in [1.82, 2.24) is 0 Å². The van der Waals surface area contributed by atoms with Crippen LogP contribution in [0.15, 0.2) is 48.6 Å². The molecule has 9 heteroatoms. The highest BCUT2D eigenvalue weighted by Crippen LogP contribution is 2.19. The minimum absolute atomic E-state index is 0.177. The third-order valence-electron chi connectivity index (χ3n) is 18.1. The summed E-state index contributed by atoms with van der Waals surface area (Å²) in [5.74, 6) is -1.98. The maximum Gasteiger partial charge on any atom is 0.361 e. The first-order valence-electron chi connectivity index (χ1n) is 39.8. The van der Waals surface area contributed by atoms with Crippen molar-refractivity contribution in [3.63, 3.8) is 0 Å². The third kappa shape index (κ3) is 74.5. The number of nitrogens with zero attached hydrogens (tertiary/aromatic N) is 1. The zero-order valence-electron chi connectivity index (χ0n) is 61.3. The lowest BCUT2D eigenvalue weighted by molar-refractivity contribution is -0.870. The van der Waals surface area contributed by atoms with Gasteiger partial charge in [-0.1, -0.05) is 358 Å².